The standard InChI is InChI=1S/C11H22N2OS/c1-11(3-2-4-12-9-11)10-13-5-7-15(14)8-6-13/h12H,2-10H2,1H3. The lowest BCUT2D eigenvalue weighted by Gasteiger charge is -2.39. The second-order valence-electron chi connectivity index (χ2n) is 5.22. The molecule has 2 rings (SSSR count). The van der Waals surface area contributed by atoms with Gasteiger partial charge in [-0.25, -0.2) is 0 Å². The first-order valence-electron chi connectivity index (χ1n) is 5.96. The Morgan fingerprint density at radius 3 is 2.73 bits per heavy atom. The molecule has 0 aromatic heterocycles. The molecule has 0 radical (unpaired) electrons. The predicted molar refractivity (Wildman–Crippen MR) is 64.5 cm³/mol. The summed E-state index contributed by atoms with van der Waals surface area (Å²) in [5, 5.41) is 3.49. The van der Waals surface area contributed by atoms with Crippen LogP contribution in [0.25, 0.3) is 0 Å². The van der Waals surface area contributed by atoms with Crippen LogP contribution in [-0.4, -0.2) is 53.3 Å². The van der Waals surface area contributed by atoms with E-state index in [1.54, 1.807) is 0 Å². The van der Waals surface area contributed by atoms with Gasteiger partial charge in [0.05, 0.1) is 0 Å². The summed E-state index contributed by atoms with van der Waals surface area (Å²) in [7, 11) is -0.538. The average Bonchev–Trinajstić information content (AvgIpc) is 2.22. The third-order valence-electron chi connectivity index (χ3n) is 3.56. The molecule has 1 unspecified atom stereocenters. The molecule has 0 saturated carbocycles. The van der Waals surface area contributed by atoms with Crippen LogP contribution in [0.4, 0.5) is 0 Å². The molecule has 0 bridgehead atoms. The summed E-state index contributed by atoms with van der Waals surface area (Å²) in [5.41, 5.74) is 0.442. The molecule has 2 fully saturated rings. The SMILES string of the molecule is CC1(CN2CCS(=O)CC2)CCCNC1. The van der Waals surface area contributed by atoms with E-state index in [-0.39, 0.29) is 0 Å². The van der Waals surface area contributed by atoms with E-state index in [1.807, 2.05) is 0 Å². The van der Waals surface area contributed by atoms with Crippen molar-refractivity contribution in [3.63, 3.8) is 0 Å². The van der Waals surface area contributed by atoms with Gasteiger partial charge >= 0.3 is 0 Å². The molecule has 0 aromatic carbocycles. The Morgan fingerprint density at radius 2 is 2.13 bits per heavy atom. The molecule has 0 spiro atoms. The molecule has 0 amide bonds. The zero-order chi connectivity index (χ0) is 10.7. The Balaban J connectivity index is 1.82. The fourth-order valence-electron chi connectivity index (χ4n) is 2.63. The molecule has 1 atom stereocenters. The van der Waals surface area contributed by atoms with Crippen LogP contribution >= 0.6 is 0 Å². The molecular formula is C11H22N2OS. The Kier molecular flexibility index (Phi) is 3.80. The highest BCUT2D eigenvalue weighted by molar-refractivity contribution is 7.85. The zero-order valence-corrected chi connectivity index (χ0v) is 10.4. The average molecular weight is 230 g/mol. The molecule has 2 saturated heterocycles. The van der Waals surface area contributed by atoms with Gasteiger partial charge in [-0.15, -0.1) is 0 Å². The fourth-order valence-corrected chi connectivity index (χ4v) is 3.76. The van der Waals surface area contributed by atoms with E-state index < -0.39 is 10.8 Å². The van der Waals surface area contributed by atoms with Crippen LogP contribution in [0, 0.1) is 5.41 Å². The van der Waals surface area contributed by atoms with E-state index >= 15 is 0 Å². The summed E-state index contributed by atoms with van der Waals surface area (Å²) in [6.45, 7) is 7.94. The minimum absolute atomic E-state index is 0.442. The smallest absolute Gasteiger partial charge is 0.0363 e. The minimum Gasteiger partial charge on any atom is -0.316 e. The van der Waals surface area contributed by atoms with Crippen molar-refractivity contribution >= 4 is 10.8 Å². The van der Waals surface area contributed by atoms with E-state index in [4.69, 9.17) is 0 Å². The van der Waals surface area contributed by atoms with Crippen molar-refractivity contribution in [2.75, 3.05) is 44.2 Å². The van der Waals surface area contributed by atoms with Crippen molar-refractivity contribution in [3.05, 3.63) is 0 Å². The van der Waals surface area contributed by atoms with Gasteiger partial charge in [0.15, 0.2) is 0 Å². The van der Waals surface area contributed by atoms with Gasteiger partial charge in [0, 0.05) is 48.5 Å². The van der Waals surface area contributed by atoms with Crippen LogP contribution in [0.3, 0.4) is 0 Å². The lowest BCUT2D eigenvalue weighted by atomic mass is 9.82. The van der Waals surface area contributed by atoms with Crippen LogP contribution < -0.4 is 5.32 Å². The number of hydrogen-bond donors (Lipinski definition) is 1. The summed E-state index contributed by atoms with van der Waals surface area (Å²) >= 11 is 0. The van der Waals surface area contributed by atoms with E-state index in [9.17, 15) is 4.21 Å². The first kappa shape index (κ1) is 11.6. The summed E-state index contributed by atoms with van der Waals surface area (Å²) in [4.78, 5) is 2.49. The van der Waals surface area contributed by atoms with Gasteiger partial charge in [-0.2, -0.15) is 0 Å². The molecule has 15 heavy (non-hydrogen) atoms. The molecule has 88 valence electrons. The third-order valence-corrected chi connectivity index (χ3v) is 4.84. The number of rotatable bonds is 2. The van der Waals surface area contributed by atoms with Crippen molar-refractivity contribution < 1.29 is 4.21 Å². The van der Waals surface area contributed by atoms with Gasteiger partial charge < -0.3 is 10.2 Å². The summed E-state index contributed by atoms with van der Waals surface area (Å²) in [6, 6.07) is 0. The first-order valence-corrected chi connectivity index (χ1v) is 7.45. The second-order valence-corrected chi connectivity index (χ2v) is 6.91. The highest BCUT2D eigenvalue weighted by Gasteiger charge is 2.30. The van der Waals surface area contributed by atoms with Gasteiger partial charge in [-0.3, -0.25) is 4.21 Å². The van der Waals surface area contributed by atoms with Crippen molar-refractivity contribution in [2.45, 2.75) is 19.8 Å². The summed E-state index contributed by atoms with van der Waals surface area (Å²) < 4.78 is 11.3. The van der Waals surface area contributed by atoms with E-state index in [2.05, 4.69) is 17.1 Å². The Hall–Kier alpha value is 0.0700. The highest BCUT2D eigenvalue weighted by Crippen LogP contribution is 2.26. The van der Waals surface area contributed by atoms with E-state index in [0.29, 0.717) is 5.41 Å². The quantitative estimate of drug-likeness (QED) is 0.747. The molecule has 2 aliphatic heterocycles. The van der Waals surface area contributed by atoms with Crippen LogP contribution in [-0.2, 0) is 10.8 Å². The molecular weight excluding hydrogens is 208 g/mol. The first-order chi connectivity index (χ1) is 7.18. The van der Waals surface area contributed by atoms with Gasteiger partial charge in [-0.05, 0) is 24.8 Å². The van der Waals surface area contributed by atoms with Crippen molar-refractivity contribution in [2.24, 2.45) is 5.41 Å². The molecule has 1 N–H and O–H groups in total. The van der Waals surface area contributed by atoms with Crippen LogP contribution in [0.15, 0.2) is 0 Å². The Labute approximate surface area is 95.1 Å². The molecule has 2 aliphatic rings. The topological polar surface area (TPSA) is 32.3 Å². The minimum atomic E-state index is -0.538. The third kappa shape index (κ3) is 3.26. The zero-order valence-electron chi connectivity index (χ0n) is 9.63. The normalized spacial score (nSPS) is 35.5. The maximum atomic E-state index is 11.3. The lowest BCUT2D eigenvalue weighted by molar-refractivity contribution is 0.140. The summed E-state index contributed by atoms with van der Waals surface area (Å²) in [6.07, 6.45) is 2.63. The van der Waals surface area contributed by atoms with E-state index in [1.165, 1.54) is 25.9 Å². The largest absolute Gasteiger partial charge is 0.316 e. The van der Waals surface area contributed by atoms with Crippen molar-refractivity contribution in [1.82, 2.24) is 10.2 Å². The fraction of sp³-hybridized carbons (Fsp3) is 1.00. The number of nitrogens with one attached hydrogen (secondary N) is 1. The number of nitrogens with zero attached hydrogens (tertiary/aromatic N) is 1. The maximum Gasteiger partial charge on any atom is 0.0363 e. The molecule has 2 heterocycles. The van der Waals surface area contributed by atoms with Crippen LogP contribution in [0.5, 0.6) is 0 Å². The van der Waals surface area contributed by atoms with Gasteiger partial charge in [0.2, 0.25) is 0 Å². The Bertz CT molecular complexity index is 229. The molecule has 4 heteroatoms. The second kappa shape index (κ2) is 4.93. The van der Waals surface area contributed by atoms with Crippen molar-refractivity contribution in [1.29, 1.82) is 0 Å². The maximum absolute atomic E-state index is 11.3. The summed E-state index contributed by atoms with van der Waals surface area (Å²) in [5.74, 6) is 1.76. The van der Waals surface area contributed by atoms with Crippen LogP contribution in [0.1, 0.15) is 19.8 Å². The lowest BCUT2D eigenvalue weighted by Crippen LogP contribution is -2.49. The molecule has 3 nitrogen and oxygen atoms in total. The number of hydrogen-bond acceptors (Lipinski definition) is 3. The van der Waals surface area contributed by atoms with Gasteiger partial charge in [0.1, 0.15) is 0 Å². The number of piperidine rings is 1. The predicted octanol–water partition coefficient (Wildman–Crippen LogP) is 0.440. The molecule has 0 aromatic rings. The molecule has 0 aliphatic carbocycles. The van der Waals surface area contributed by atoms with Gasteiger partial charge in [-0.1, -0.05) is 6.92 Å². The van der Waals surface area contributed by atoms with Crippen LogP contribution in [0.2, 0.25) is 0 Å². The van der Waals surface area contributed by atoms with Gasteiger partial charge in [0.25, 0.3) is 0 Å². The monoisotopic (exact) mass is 230 g/mol. The van der Waals surface area contributed by atoms with Crippen molar-refractivity contribution in [3.8, 4) is 0 Å². The Morgan fingerprint density at radius 1 is 1.40 bits per heavy atom. The van der Waals surface area contributed by atoms with E-state index in [0.717, 1.165) is 31.1 Å². The highest BCUT2D eigenvalue weighted by atomic mass is 32.2.